The molecule has 2 unspecified atom stereocenters. The van der Waals surface area contributed by atoms with Crippen molar-refractivity contribution < 1.29 is 14.3 Å². The Bertz CT molecular complexity index is 1130. The maximum atomic E-state index is 12.6. The molecule has 1 aliphatic carbocycles. The molecule has 0 radical (unpaired) electrons. The Morgan fingerprint density at radius 3 is 2.87 bits per heavy atom. The molecule has 31 heavy (non-hydrogen) atoms. The van der Waals surface area contributed by atoms with Crippen molar-refractivity contribution in [1.29, 1.82) is 0 Å². The number of carbonyl (C=O) groups excluding carboxylic acids is 1. The summed E-state index contributed by atoms with van der Waals surface area (Å²) in [5.41, 5.74) is 1.92. The first kappa shape index (κ1) is 19.5. The van der Waals surface area contributed by atoms with Crippen LogP contribution in [0.5, 0.6) is 11.5 Å². The van der Waals surface area contributed by atoms with Crippen molar-refractivity contribution in [2.45, 2.75) is 26.2 Å². The molecule has 2 atom stereocenters. The van der Waals surface area contributed by atoms with Crippen LogP contribution in [0.25, 0.3) is 5.65 Å². The van der Waals surface area contributed by atoms with Gasteiger partial charge in [-0.25, -0.2) is 4.98 Å². The molecule has 3 aromatic rings. The quantitative estimate of drug-likeness (QED) is 0.557. The van der Waals surface area contributed by atoms with Crippen molar-refractivity contribution in [3.05, 3.63) is 30.5 Å². The summed E-state index contributed by atoms with van der Waals surface area (Å²) < 4.78 is 13.1. The summed E-state index contributed by atoms with van der Waals surface area (Å²) in [6, 6.07) is 7.55. The molecule has 1 saturated carbocycles. The van der Waals surface area contributed by atoms with E-state index in [0.717, 1.165) is 17.9 Å². The van der Waals surface area contributed by atoms with Crippen molar-refractivity contribution in [2.24, 2.45) is 11.8 Å². The van der Waals surface area contributed by atoms with Crippen LogP contribution in [-0.2, 0) is 4.79 Å². The van der Waals surface area contributed by atoms with Gasteiger partial charge < -0.3 is 25.4 Å². The predicted molar refractivity (Wildman–Crippen MR) is 118 cm³/mol. The van der Waals surface area contributed by atoms with Crippen molar-refractivity contribution >= 4 is 34.6 Å². The molecule has 1 aromatic carbocycles. The lowest BCUT2D eigenvalue weighted by atomic mass is 9.73. The molecule has 1 aliphatic heterocycles. The number of carbonyl (C=O) groups is 1. The number of hydrogen-bond acceptors (Lipinski definition) is 7. The van der Waals surface area contributed by atoms with E-state index in [-0.39, 0.29) is 5.91 Å². The normalized spacial score (nSPS) is 19.5. The van der Waals surface area contributed by atoms with Gasteiger partial charge in [-0.3, -0.25) is 4.79 Å². The van der Waals surface area contributed by atoms with Gasteiger partial charge in [-0.2, -0.15) is 9.61 Å². The van der Waals surface area contributed by atoms with Crippen LogP contribution >= 0.6 is 0 Å². The molecule has 5 rings (SSSR count). The van der Waals surface area contributed by atoms with Crippen LogP contribution in [0.4, 0.5) is 23.0 Å². The van der Waals surface area contributed by atoms with Gasteiger partial charge in [-0.05, 0) is 30.4 Å². The molecule has 9 nitrogen and oxygen atoms in total. The van der Waals surface area contributed by atoms with Crippen molar-refractivity contribution in [3.63, 3.8) is 0 Å². The molecule has 0 bridgehead atoms. The van der Waals surface area contributed by atoms with E-state index in [9.17, 15) is 4.79 Å². The number of fused-ring (bicyclic) bond motifs is 2. The third kappa shape index (κ3) is 3.71. The largest absolute Gasteiger partial charge is 0.486 e. The zero-order valence-corrected chi connectivity index (χ0v) is 17.6. The fourth-order valence-corrected chi connectivity index (χ4v) is 4.08. The third-order valence-electron chi connectivity index (χ3n) is 6.08. The highest BCUT2D eigenvalue weighted by Crippen LogP contribution is 2.39. The van der Waals surface area contributed by atoms with Crippen LogP contribution < -0.4 is 25.4 Å². The van der Waals surface area contributed by atoms with Crippen LogP contribution in [0.1, 0.15) is 26.2 Å². The molecule has 1 fully saturated rings. The number of benzene rings is 1. The molecule has 2 aromatic heterocycles. The lowest BCUT2D eigenvalue weighted by Gasteiger charge is -2.33. The summed E-state index contributed by atoms with van der Waals surface area (Å²) in [4.78, 5) is 17.3. The number of para-hydroxylation sites is 1. The second-order valence-corrected chi connectivity index (χ2v) is 8.09. The number of rotatable bonds is 6. The highest BCUT2D eigenvalue weighted by molar-refractivity contribution is 5.94. The Hall–Kier alpha value is -3.49. The molecular weight excluding hydrogens is 396 g/mol. The first-order chi connectivity index (χ1) is 15.1. The average Bonchev–Trinajstić information content (AvgIpc) is 3.18. The summed E-state index contributed by atoms with van der Waals surface area (Å²) in [6.07, 6.45) is 4.49. The first-order valence-corrected chi connectivity index (χ1v) is 10.6. The molecule has 3 N–H and O–H groups in total. The summed E-state index contributed by atoms with van der Waals surface area (Å²) in [6.45, 7) is 3.23. The van der Waals surface area contributed by atoms with Crippen molar-refractivity contribution in [2.75, 3.05) is 36.2 Å². The maximum Gasteiger partial charge on any atom is 0.224 e. The van der Waals surface area contributed by atoms with E-state index in [1.807, 2.05) is 31.3 Å². The van der Waals surface area contributed by atoms with Gasteiger partial charge in [0.15, 0.2) is 17.1 Å². The van der Waals surface area contributed by atoms with Gasteiger partial charge in [0, 0.05) is 19.5 Å². The maximum absolute atomic E-state index is 12.6. The Labute approximate surface area is 180 Å². The van der Waals surface area contributed by atoms with Gasteiger partial charge in [0.1, 0.15) is 30.5 Å². The number of hydrogen-bond donors (Lipinski definition) is 3. The molecule has 0 saturated heterocycles. The fraction of sp³-hybridized carbons (Fsp3) is 0.409. The summed E-state index contributed by atoms with van der Waals surface area (Å²) in [5, 5.41) is 13.8. The molecular formula is C22H26N6O3. The predicted octanol–water partition coefficient (Wildman–Crippen LogP) is 3.66. The lowest BCUT2D eigenvalue weighted by molar-refractivity contribution is -0.118. The van der Waals surface area contributed by atoms with Crippen molar-refractivity contribution in [1.82, 2.24) is 14.6 Å². The van der Waals surface area contributed by atoms with Crippen molar-refractivity contribution in [3.8, 4) is 11.5 Å². The Morgan fingerprint density at radius 1 is 1.23 bits per heavy atom. The highest BCUT2D eigenvalue weighted by Gasteiger charge is 2.29. The van der Waals surface area contributed by atoms with Crippen LogP contribution in [0.15, 0.2) is 30.5 Å². The van der Waals surface area contributed by atoms with E-state index < -0.39 is 0 Å². The molecule has 9 heteroatoms. The van der Waals surface area contributed by atoms with Crippen LogP contribution in [-0.4, -0.2) is 40.8 Å². The Balaban J connectivity index is 1.43. The monoisotopic (exact) mass is 422 g/mol. The number of aromatic nitrogens is 3. The molecule has 0 spiro atoms. The van der Waals surface area contributed by atoms with Gasteiger partial charge in [0.25, 0.3) is 0 Å². The zero-order valence-electron chi connectivity index (χ0n) is 17.6. The lowest BCUT2D eigenvalue weighted by Crippen LogP contribution is -2.28. The Morgan fingerprint density at radius 2 is 2.10 bits per heavy atom. The fourth-order valence-electron chi connectivity index (χ4n) is 4.08. The molecule has 162 valence electrons. The minimum Gasteiger partial charge on any atom is -0.486 e. The average molecular weight is 422 g/mol. The third-order valence-corrected chi connectivity index (χ3v) is 6.08. The van der Waals surface area contributed by atoms with E-state index in [4.69, 9.17) is 14.5 Å². The van der Waals surface area contributed by atoms with E-state index in [1.54, 1.807) is 10.7 Å². The van der Waals surface area contributed by atoms with Crippen LogP contribution in [0.3, 0.4) is 0 Å². The zero-order chi connectivity index (χ0) is 21.4. The number of nitrogens with one attached hydrogen (secondary N) is 3. The standard InChI is InChI=1S/C22H26N6O3/c1-13-6-7-14(13)10-20(29)26-16-12-24-28-19(23-2)11-18(27-22(16)28)25-15-4-3-5-17-21(15)31-9-8-30-17/h3-5,11-14,23H,6-10H2,1-2H3,(H,25,27)(H,26,29). The summed E-state index contributed by atoms with van der Waals surface area (Å²) in [5.74, 6) is 3.78. The second kappa shape index (κ2) is 7.98. The first-order valence-electron chi connectivity index (χ1n) is 10.6. The molecule has 2 aliphatic rings. The highest BCUT2D eigenvalue weighted by atomic mass is 16.6. The van der Waals surface area contributed by atoms with Gasteiger partial charge in [-0.15, -0.1) is 0 Å². The summed E-state index contributed by atoms with van der Waals surface area (Å²) in [7, 11) is 1.82. The smallest absolute Gasteiger partial charge is 0.224 e. The van der Waals surface area contributed by atoms with Crippen LogP contribution in [0, 0.1) is 11.8 Å². The van der Waals surface area contributed by atoms with Gasteiger partial charge in [0.05, 0.1) is 11.9 Å². The number of nitrogens with zero attached hydrogens (tertiary/aromatic N) is 3. The number of anilines is 4. The topological polar surface area (TPSA) is 102 Å². The van der Waals surface area contributed by atoms with Crippen LogP contribution in [0.2, 0.25) is 0 Å². The Kier molecular flexibility index (Phi) is 5.01. The number of amides is 1. The summed E-state index contributed by atoms with van der Waals surface area (Å²) >= 11 is 0. The van der Waals surface area contributed by atoms with E-state index in [0.29, 0.717) is 60.1 Å². The van der Waals surface area contributed by atoms with E-state index >= 15 is 0 Å². The number of ether oxygens (including phenoxy) is 2. The molecule has 3 heterocycles. The second-order valence-electron chi connectivity index (χ2n) is 8.09. The van der Waals surface area contributed by atoms with Gasteiger partial charge in [-0.1, -0.05) is 19.4 Å². The van der Waals surface area contributed by atoms with E-state index in [1.165, 1.54) is 6.42 Å². The minimum absolute atomic E-state index is 0.000276. The van der Waals surface area contributed by atoms with Gasteiger partial charge in [0.2, 0.25) is 5.91 Å². The SMILES string of the molecule is CNc1cc(Nc2cccc3c2OCCO3)nc2c(NC(=O)CC3CCC3C)cnn12. The molecule has 1 amide bonds. The minimum atomic E-state index is 0.000276. The van der Waals surface area contributed by atoms with Gasteiger partial charge >= 0.3 is 0 Å². The van der Waals surface area contributed by atoms with E-state index in [2.05, 4.69) is 28.0 Å².